The second kappa shape index (κ2) is 8.03. The average molecular weight is 321 g/mol. The highest BCUT2D eigenvalue weighted by Crippen LogP contribution is 2.25. The van der Waals surface area contributed by atoms with Crippen LogP contribution >= 0.6 is 0 Å². The Bertz CT molecular complexity index is 556. The molecule has 0 saturated carbocycles. The van der Waals surface area contributed by atoms with Gasteiger partial charge in [0.15, 0.2) is 0 Å². The summed E-state index contributed by atoms with van der Waals surface area (Å²) in [6.45, 7) is 3.63. The van der Waals surface area contributed by atoms with E-state index in [1.807, 2.05) is 6.92 Å². The molecule has 0 spiro atoms. The molecular formula is C16H23N3O4. The van der Waals surface area contributed by atoms with Crippen LogP contribution in [-0.4, -0.2) is 46.6 Å². The summed E-state index contributed by atoms with van der Waals surface area (Å²) >= 11 is 0. The molecule has 2 rings (SSSR count). The molecule has 1 aliphatic heterocycles. The standard InChI is InChI=1S/C16H23N3O4/c1-12(18-9-6-13(7-10-18)8-11-20)16(21)17-14-4-2-3-5-15(14)19(22)23/h2-5,12-13,20H,6-11H2,1H3,(H,17,21). The van der Waals surface area contributed by atoms with Gasteiger partial charge in [-0.2, -0.15) is 0 Å². The number of hydrogen-bond acceptors (Lipinski definition) is 5. The molecular weight excluding hydrogens is 298 g/mol. The van der Waals surface area contributed by atoms with Crippen molar-refractivity contribution in [1.29, 1.82) is 0 Å². The number of piperidine rings is 1. The quantitative estimate of drug-likeness (QED) is 0.617. The number of nitrogens with one attached hydrogen (secondary N) is 1. The molecule has 0 aliphatic carbocycles. The van der Waals surface area contributed by atoms with Gasteiger partial charge >= 0.3 is 0 Å². The maximum Gasteiger partial charge on any atom is 0.292 e. The third-order valence-corrected chi connectivity index (χ3v) is 4.47. The highest BCUT2D eigenvalue weighted by molar-refractivity contribution is 5.96. The lowest BCUT2D eigenvalue weighted by atomic mass is 9.93. The fourth-order valence-electron chi connectivity index (χ4n) is 2.95. The summed E-state index contributed by atoms with van der Waals surface area (Å²) in [4.78, 5) is 25.0. The summed E-state index contributed by atoms with van der Waals surface area (Å²) in [6.07, 6.45) is 2.73. The second-order valence-corrected chi connectivity index (χ2v) is 5.93. The zero-order chi connectivity index (χ0) is 16.8. The number of benzene rings is 1. The molecule has 1 fully saturated rings. The number of hydrogen-bond donors (Lipinski definition) is 2. The maximum absolute atomic E-state index is 12.4. The van der Waals surface area contributed by atoms with Crippen LogP contribution in [0.1, 0.15) is 26.2 Å². The molecule has 1 aromatic rings. The molecule has 1 atom stereocenters. The van der Waals surface area contributed by atoms with E-state index in [1.165, 1.54) is 12.1 Å². The molecule has 2 N–H and O–H groups in total. The van der Waals surface area contributed by atoms with Gasteiger partial charge < -0.3 is 10.4 Å². The van der Waals surface area contributed by atoms with Gasteiger partial charge in [0.25, 0.3) is 5.69 Å². The normalized spacial score (nSPS) is 17.7. The van der Waals surface area contributed by atoms with Crippen LogP contribution in [0.15, 0.2) is 24.3 Å². The van der Waals surface area contributed by atoms with Gasteiger partial charge in [0.2, 0.25) is 5.91 Å². The Morgan fingerprint density at radius 3 is 2.70 bits per heavy atom. The Morgan fingerprint density at radius 1 is 1.43 bits per heavy atom. The smallest absolute Gasteiger partial charge is 0.292 e. The highest BCUT2D eigenvalue weighted by Gasteiger charge is 2.27. The Hall–Kier alpha value is -1.99. The first-order chi connectivity index (χ1) is 11.0. The molecule has 126 valence electrons. The van der Waals surface area contributed by atoms with Crippen LogP contribution in [0.4, 0.5) is 11.4 Å². The van der Waals surface area contributed by atoms with E-state index in [1.54, 1.807) is 12.1 Å². The van der Waals surface area contributed by atoms with E-state index in [4.69, 9.17) is 5.11 Å². The highest BCUT2D eigenvalue weighted by atomic mass is 16.6. The predicted molar refractivity (Wildman–Crippen MR) is 87.2 cm³/mol. The molecule has 0 radical (unpaired) electrons. The van der Waals surface area contributed by atoms with E-state index >= 15 is 0 Å². The van der Waals surface area contributed by atoms with Crippen molar-refractivity contribution in [3.8, 4) is 0 Å². The van der Waals surface area contributed by atoms with Crippen molar-refractivity contribution < 1.29 is 14.8 Å². The van der Waals surface area contributed by atoms with Gasteiger partial charge in [-0.05, 0) is 51.3 Å². The molecule has 23 heavy (non-hydrogen) atoms. The lowest BCUT2D eigenvalue weighted by Gasteiger charge is -2.35. The minimum absolute atomic E-state index is 0.102. The van der Waals surface area contributed by atoms with Gasteiger partial charge in [0.05, 0.1) is 11.0 Å². The minimum Gasteiger partial charge on any atom is -0.396 e. The summed E-state index contributed by atoms with van der Waals surface area (Å²) in [6, 6.07) is 5.80. The van der Waals surface area contributed by atoms with Crippen molar-refractivity contribution >= 4 is 17.3 Å². The van der Waals surface area contributed by atoms with Crippen LogP contribution in [0.2, 0.25) is 0 Å². The summed E-state index contributed by atoms with van der Waals surface area (Å²) < 4.78 is 0. The molecule has 0 aromatic heterocycles. The topological polar surface area (TPSA) is 95.7 Å². The Balaban J connectivity index is 1.95. The number of likely N-dealkylation sites (tertiary alicyclic amines) is 1. The number of carbonyl (C=O) groups excluding carboxylic acids is 1. The number of nitro groups is 1. The number of nitro benzene ring substituents is 1. The number of carbonyl (C=O) groups is 1. The van der Waals surface area contributed by atoms with Gasteiger partial charge in [-0.15, -0.1) is 0 Å². The molecule has 7 heteroatoms. The van der Waals surface area contributed by atoms with E-state index in [0.717, 1.165) is 32.4 Å². The first-order valence-corrected chi connectivity index (χ1v) is 7.92. The van der Waals surface area contributed by atoms with E-state index in [2.05, 4.69) is 10.2 Å². The van der Waals surface area contributed by atoms with Crippen molar-refractivity contribution in [2.75, 3.05) is 25.0 Å². The number of amides is 1. The molecule has 1 unspecified atom stereocenters. The van der Waals surface area contributed by atoms with E-state index in [0.29, 0.717) is 5.92 Å². The number of rotatable bonds is 6. The zero-order valence-electron chi connectivity index (χ0n) is 13.3. The van der Waals surface area contributed by atoms with Crippen LogP contribution in [0.5, 0.6) is 0 Å². The molecule has 1 amide bonds. The third kappa shape index (κ3) is 4.49. The number of aliphatic hydroxyl groups excluding tert-OH is 1. The van der Waals surface area contributed by atoms with Gasteiger partial charge in [-0.3, -0.25) is 19.8 Å². The summed E-state index contributed by atoms with van der Waals surface area (Å²) in [7, 11) is 0. The fourth-order valence-corrected chi connectivity index (χ4v) is 2.95. The molecule has 7 nitrogen and oxygen atoms in total. The molecule has 1 aromatic carbocycles. The predicted octanol–water partition coefficient (Wildman–Crippen LogP) is 2.02. The molecule has 1 saturated heterocycles. The lowest BCUT2D eigenvalue weighted by molar-refractivity contribution is -0.383. The van der Waals surface area contributed by atoms with Crippen LogP contribution in [0.3, 0.4) is 0 Å². The summed E-state index contributed by atoms with van der Waals surface area (Å²) in [5.74, 6) is 0.279. The fraction of sp³-hybridized carbons (Fsp3) is 0.562. The first-order valence-electron chi connectivity index (χ1n) is 7.92. The van der Waals surface area contributed by atoms with Crippen molar-refractivity contribution in [3.63, 3.8) is 0 Å². The summed E-state index contributed by atoms with van der Waals surface area (Å²) in [5, 5.41) is 22.6. The van der Waals surface area contributed by atoms with Crippen molar-refractivity contribution in [2.24, 2.45) is 5.92 Å². The van der Waals surface area contributed by atoms with Crippen molar-refractivity contribution in [1.82, 2.24) is 4.90 Å². The lowest BCUT2D eigenvalue weighted by Crippen LogP contribution is -2.46. The Kier molecular flexibility index (Phi) is 6.06. The van der Waals surface area contributed by atoms with Gasteiger partial charge in [0.1, 0.15) is 5.69 Å². The largest absolute Gasteiger partial charge is 0.396 e. The third-order valence-electron chi connectivity index (χ3n) is 4.47. The van der Waals surface area contributed by atoms with Gasteiger partial charge in [0, 0.05) is 12.7 Å². The number of anilines is 1. The van der Waals surface area contributed by atoms with E-state index in [9.17, 15) is 14.9 Å². The number of aliphatic hydroxyl groups is 1. The maximum atomic E-state index is 12.4. The molecule has 0 bridgehead atoms. The van der Waals surface area contributed by atoms with Crippen LogP contribution < -0.4 is 5.32 Å². The first kappa shape index (κ1) is 17.4. The van der Waals surface area contributed by atoms with Crippen molar-refractivity contribution in [3.05, 3.63) is 34.4 Å². The summed E-state index contributed by atoms with van der Waals surface area (Å²) in [5.41, 5.74) is 0.124. The number of para-hydroxylation sites is 2. The van der Waals surface area contributed by atoms with Crippen molar-refractivity contribution in [2.45, 2.75) is 32.2 Å². The zero-order valence-corrected chi connectivity index (χ0v) is 13.3. The van der Waals surface area contributed by atoms with Crippen LogP contribution in [0, 0.1) is 16.0 Å². The Labute approximate surface area is 135 Å². The monoisotopic (exact) mass is 321 g/mol. The molecule has 1 heterocycles. The number of nitrogens with zero attached hydrogens (tertiary/aromatic N) is 2. The van der Waals surface area contributed by atoms with Crippen LogP contribution in [0.25, 0.3) is 0 Å². The van der Waals surface area contributed by atoms with Crippen LogP contribution in [-0.2, 0) is 4.79 Å². The SMILES string of the molecule is CC(C(=O)Nc1ccccc1[N+](=O)[O-])N1CCC(CCO)CC1. The Morgan fingerprint density at radius 2 is 2.09 bits per heavy atom. The molecule has 1 aliphatic rings. The van der Waals surface area contributed by atoms with Gasteiger partial charge in [-0.1, -0.05) is 12.1 Å². The second-order valence-electron chi connectivity index (χ2n) is 5.93. The van der Waals surface area contributed by atoms with Gasteiger partial charge in [-0.25, -0.2) is 0 Å². The minimum atomic E-state index is -0.499. The average Bonchev–Trinajstić information content (AvgIpc) is 2.55. The van der Waals surface area contributed by atoms with E-state index in [-0.39, 0.29) is 29.9 Å². The van der Waals surface area contributed by atoms with E-state index < -0.39 is 4.92 Å².